The van der Waals surface area contributed by atoms with Gasteiger partial charge in [-0.15, -0.1) is 0 Å². The van der Waals surface area contributed by atoms with E-state index in [-0.39, 0.29) is 0 Å². The van der Waals surface area contributed by atoms with Crippen LogP contribution in [-0.2, 0) is 16.6 Å². The standard InChI is InChI=1S/C11H12ClNOS/c1-2-5-15(14)8-10-4-3-9(7-13)6-11(10)12/h3-4,6H,2,5,8H2,1H3. The van der Waals surface area contributed by atoms with Crippen LogP contribution in [0.3, 0.4) is 0 Å². The molecule has 0 aliphatic heterocycles. The third-order valence-corrected chi connectivity index (χ3v) is 3.78. The summed E-state index contributed by atoms with van der Waals surface area (Å²) in [4.78, 5) is 0. The van der Waals surface area contributed by atoms with Crippen LogP contribution in [-0.4, -0.2) is 9.96 Å². The third kappa shape index (κ3) is 3.65. The topological polar surface area (TPSA) is 40.9 Å². The maximum Gasteiger partial charge on any atom is 0.0992 e. The van der Waals surface area contributed by atoms with E-state index in [0.29, 0.717) is 22.1 Å². The molecule has 80 valence electrons. The van der Waals surface area contributed by atoms with Gasteiger partial charge in [0, 0.05) is 27.3 Å². The van der Waals surface area contributed by atoms with Crippen molar-refractivity contribution in [1.29, 1.82) is 5.26 Å². The number of rotatable bonds is 4. The summed E-state index contributed by atoms with van der Waals surface area (Å²) in [6.45, 7) is 2.00. The Hall–Kier alpha value is -0.850. The molecule has 2 nitrogen and oxygen atoms in total. The molecule has 0 bridgehead atoms. The summed E-state index contributed by atoms with van der Waals surface area (Å²) < 4.78 is 11.5. The molecule has 0 aliphatic carbocycles. The van der Waals surface area contributed by atoms with E-state index in [1.165, 1.54) is 0 Å². The van der Waals surface area contributed by atoms with Gasteiger partial charge in [0.25, 0.3) is 0 Å². The Bertz CT molecular complexity index is 412. The minimum Gasteiger partial charge on any atom is -0.259 e. The number of benzene rings is 1. The Labute approximate surface area is 97.3 Å². The monoisotopic (exact) mass is 241 g/mol. The van der Waals surface area contributed by atoms with Crippen molar-refractivity contribution in [3.63, 3.8) is 0 Å². The maximum atomic E-state index is 11.5. The highest BCUT2D eigenvalue weighted by molar-refractivity contribution is 7.84. The fraction of sp³-hybridized carbons (Fsp3) is 0.364. The molecule has 0 amide bonds. The highest BCUT2D eigenvalue weighted by Gasteiger charge is 2.05. The van der Waals surface area contributed by atoms with E-state index in [1.54, 1.807) is 18.2 Å². The van der Waals surface area contributed by atoms with Crippen molar-refractivity contribution < 1.29 is 4.21 Å². The van der Waals surface area contributed by atoms with Gasteiger partial charge in [-0.3, -0.25) is 4.21 Å². The average Bonchev–Trinajstić information content (AvgIpc) is 2.21. The number of hydrogen-bond donors (Lipinski definition) is 0. The Kier molecular flexibility index (Phi) is 4.80. The molecule has 0 saturated heterocycles. The van der Waals surface area contributed by atoms with Gasteiger partial charge in [-0.05, 0) is 24.1 Å². The molecule has 0 spiro atoms. The summed E-state index contributed by atoms with van der Waals surface area (Å²) in [7, 11) is -0.857. The van der Waals surface area contributed by atoms with Crippen LogP contribution in [0.2, 0.25) is 5.02 Å². The molecule has 1 aromatic carbocycles. The summed E-state index contributed by atoms with van der Waals surface area (Å²) in [5.74, 6) is 1.16. The van der Waals surface area contributed by atoms with E-state index >= 15 is 0 Å². The molecule has 1 rings (SSSR count). The van der Waals surface area contributed by atoms with Crippen LogP contribution in [0.5, 0.6) is 0 Å². The first-order valence-corrected chi connectivity index (χ1v) is 6.57. The zero-order valence-corrected chi connectivity index (χ0v) is 10.1. The van der Waals surface area contributed by atoms with E-state index in [2.05, 4.69) is 0 Å². The molecule has 4 heteroatoms. The summed E-state index contributed by atoms with van der Waals surface area (Å²) in [6.07, 6.45) is 0.903. The van der Waals surface area contributed by atoms with E-state index in [1.807, 2.05) is 13.0 Å². The fourth-order valence-corrected chi connectivity index (χ4v) is 2.73. The Balaban J connectivity index is 2.79. The van der Waals surface area contributed by atoms with Crippen LogP contribution in [0.4, 0.5) is 0 Å². The van der Waals surface area contributed by atoms with E-state index < -0.39 is 10.8 Å². The molecule has 0 saturated carbocycles. The molecule has 1 aromatic rings. The molecule has 0 aromatic heterocycles. The van der Waals surface area contributed by atoms with Gasteiger partial charge in [-0.1, -0.05) is 24.6 Å². The molecule has 1 atom stereocenters. The highest BCUT2D eigenvalue weighted by atomic mass is 35.5. The fourth-order valence-electron chi connectivity index (χ4n) is 1.21. The van der Waals surface area contributed by atoms with Crippen molar-refractivity contribution in [2.45, 2.75) is 19.1 Å². The van der Waals surface area contributed by atoms with Crippen molar-refractivity contribution in [2.75, 3.05) is 5.75 Å². The minimum absolute atomic E-state index is 0.471. The first-order valence-electron chi connectivity index (χ1n) is 4.71. The Morgan fingerprint density at radius 3 is 2.80 bits per heavy atom. The van der Waals surface area contributed by atoms with Crippen molar-refractivity contribution in [1.82, 2.24) is 0 Å². The normalized spacial score (nSPS) is 12.1. The molecule has 0 N–H and O–H groups in total. The number of hydrogen-bond acceptors (Lipinski definition) is 2. The van der Waals surface area contributed by atoms with Gasteiger partial charge in [0.15, 0.2) is 0 Å². The molecular weight excluding hydrogens is 230 g/mol. The zero-order chi connectivity index (χ0) is 11.3. The van der Waals surface area contributed by atoms with Gasteiger partial charge in [0.05, 0.1) is 11.6 Å². The second-order valence-corrected chi connectivity index (χ2v) is 5.19. The van der Waals surface area contributed by atoms with Crippen LogP contribution >= 0.6 is 11.6 Å². The summed E-state index contributed by atoms with van der Waals surface area (Å²) in [6, 6.07) is 7.10. The van der Waals surface area contributed by atoms with Crippen LogP contribution < -0.4 is 0 Å². The zero-order valence-electron chi connectivity index (χ0n) is 8.50. The second kappa shape index (κ2) is 5.89. The SMILES string of the molecule is CCCS(=O)Cc1ccc(C#N)cc1Cl. The largest absolute Gasteiger partial charge is 0.259 e. The average molecular weight is 242 g/mol. The van der Waals surface area contributed by atoms with E-state index in [9.17, 15) is 4.21 Å². The van der Waals surface area contributed by atoms with Crippen molar-refractivity contribution in [2.24, 2.45) is 0 Å². The quantitative estimate of drug-likeness (QED) is 0.813. The molecule has 1 unspecified atom stereocenters. The lowest BCUT2D eigenvalue weighted by Gasteiger charge is -2.03. The lowest BCUT2D eigenvalue weighted by Crippen LogP contribution is -2.00. The summed E-state index contributed by atoms with van der Waals surface area (Å²) >= 11 is 5.97. The van der Waals surface area contributed by atoms with Gasteiger partial charge in [0.2, 0.25) is 0 Å². The van der Waals surface area contributed by atoms with E-state index in [0.717, 1.165) is 12.0 Å². The van der Waals surface area contributed by atoms with Crippen LogP contribution in [0, 0.1) is 11.3 Å². The van der Waals surface area contributed by atoms with Crippen molar-refractivity contribution in [3.8, 4) is 6.07 Å². The molecule has 0 heterocycles. The second-order valence-electron chi connectivity index (χ2n) is 3.21. The number of halogens is 1. The van der Waals surface area contributed by atoms with Gasteiger partial charge in [0.1, 0.15) is 0 Å². The molecule has 0 radical (unpaired) electrons. The highest BCUT2D eigenvalue weighted by Crippen LogP contribution is 2.19. The van der Waals surface area contributed by atoms with Crippen LogP contribution in [0.15, 0.2) is 18.2 Å². The first-order chi connectivity index (χ1) is 7.17. The number of nitriles is 1. The molecule has 15 heavy (non-hydrogen) atoms. The smallest absolute Gasteiger partial charge is 0.0992 e. The Morgan fingerprint density at radius 2 is 2.27 bits per heavy atom. The summed E-state index contributed by atoms with van der Waals surface area (Å²) in [5, 5.41) is 9.18. The predicted octanol–water partition coefficient (Wildman–Crippen LogP) is 2.87. The van der Waals surface area contributed by atoms with Gasteiger partial charge in [-0.2, -0.15) is 5.26 Å². The van der Waals surface area contributed by atoms with Crippen LogP contribution in [0.1, 0.15) is 24.5 Å². The lowest BCUT2D eigenvalue weighted by atomic mass is 10.2. The third-order valence-electron chi connectivity index (χ3n) is 1.93. The van der Waals surface area contributed by atoms with Crippen molar-refractivity contribution >= 4 is 22.4 Å². The van der Waals surface area contributed by atoms with Crippen LogP contribution in [0.25, 0.3) is 0 Å². The molecular formula is C11H12ClNOS. The lowest BCUT2D eigenvalue weighted by molar-refractivity contribution is 0.681. The van der Waals surface area contributed by atoms with E-state index in [4.69, 9.17) is 16.9 Å². The van der Waals surface area contributed by atoms with Gasteiger partial charge >= 0.3 is 0 Å². The minimum atomic E-state index is -0.857. The van der Waals surface area contributed by atoms with Gasteiger partial charge in [-0.25, -0.2) is 0 Å². The summed E-state index contributed by atoms with van der Waals surface area (Å²) in [5.41, 5.74) is 1.38. The Morgan fingerprint density at radius 1 is 1.53 bits per heavy atom. The molecule has 0 fully saturated rings. The van der Waals surface area contributed by atoms with Gasteiger partial charge < -0.3 is 0 Å². The first kappa shape index (κ1) is 12.2. The maximum absolute atomic E-state index is 11.5. The van der Waals surface area contributed by atoms with Crippen molar-refractivity contribution in [3.05, 3.63) is 34.3 Å². The predicted molar refractivity (Wildman–Crippen MR) is 63.2 cm³/mol. The number of nitrogens with zero attached hydrogens (tertiary/aromatic N) is 1. The molecule has 0 aliphatic rings.